The first-order chi connectivity index (χ1) is 13.1. The number of hydrogen-bond donors (Lipinski definition) is 1. The molecule has 6 nitrogen and oxygen atoms in total. The van der Waals surface area contributed by atoms with E-state index in [9.17, 15) is 4.79 Å². The minimum atomic E-state index is -0.310. The van der Waals surface area contributed by atoms with Gasteiger partial charge in [0.15, 0.2) is 0 Å². The Kier molecular flexibility index (Phi) is 4.65. The third-order valence-electron chi connectivity index (χ3n) is 5.28. The SMILES string of the molecule is COc1ccc(C#Cc2c[nH]c(=O)c(N3CCOC4(COC4)C3C)c2)cc1. The van der Waals surface area contributed by atoms with E-state index >= 15 is 0 Å². The molecule has 2 saturated heterocycles. The average molecular weight is 366 g/mol. The molecule has 140 valence electrons. The van der Waals surface area contributed by atoms with Crippen LogP contribution in [0, 0.1) is 11.8 Å². The van der Waals surface area contributed by atoms with Gasteiger partial charge in [-0.1, -0.05) is 11.8 Å². The molecular formula is C21H22N2O4. The van der Waals surface area contributed by atoms with Gasteiger partial charge in [0.1, 0.15) is 17.0 Å². The molecular weight excluding hydrogens is 344 g/mol. The quantitative estimate of drug-likeness (QED) is 0.821. The van der Waals surface area contributed by atoms with Crippen LogP contribution in [0.2, 0.25) is 0 Å². The minimum absolute atomic E-state index is 0.0610. The maximum absolute atomic E-state index is 12.4. The van der Waals surface area contributed by atoms with Gasteiger partial charge < -0.3 is 24.1 Å². The molecule has 0 amide bonds. The first kappa shape index (κ1) is 17.7. The van der Waals surface area contributed by atoms with Crippen LogP contribution in [-0.4, -0.2) is 50.1 Å². The standard InChI is InChI=1S/C21H22N2O4/c1-15-21(13-26-14-21)27-10-9-23(15)19-11-17(12-22-20(19)24)4-3-16-5-7-18(25-2)8-6-16/h5-8,11-12,15H,9-10,13-14H2,1-2H3,(H,22,24). The Hall–Kier alpha value is -2.75. The van der Waals surface area contributed by atoms with Crippen LogP contribution in [0.15, 0.2) is 41.3 Å². The molecule has 1 N–H and O–H groups in total. The number of benzene rings is 1. The summed E-state index contributed by atoms with van der Waals surface area (Å²) in [6, 6.07) is 9.47. The van der Waals surface area contributed by atoms with Gasteiger partial charge in [-0.15, -0.1) is 0 Å². The summed E-state index contributed by atoms with van der Waals surface area (Å²) in [5.41, 5.74) is 1.84. The Bertz CT molecular complexity index is 935. The highest BCUT2D eigenvalue weighted by atomic mass is 16.6. The van der Waals surface area contributed by atoms with Crippen LogP contribution < -0.4 is 15.2 Å². The molecule has 2 fully saturated rings. The van der Waals surface area contributed by atoms with Crippen molar-refractivity contribution < 1.29 is 14.2 Å². The van der Waals surface area contributed by atoms with E-state index in [0.717, 1.165) is 16.9 Å². The number of aromatic nitrogens is 1. The molecule has 27 heavy (non-hydrogen) atoms. The number of nitrogens with zero attached hydrogens (tertiary/aromatic N) is 1. The summed E-state index contributed by atoms with van der Waals surface area (Å²) < 4.78 is 16.5. The zero-order valence-electron chi connectivity index (χ0n) is 15.5. The topological polar surface area (TPSA) is 63.8 Å². The van der Waals surface area contributed by atoms with Crippen molar-refractivity contribution >= 4 is 5.69 Å². The van der Waals surface area contributed by atoms with Gasteiger partial charge in [-0.25, -0.2) is 0 Å². The van der Waals surface area contributed by atoms with Crippen LogP contribution in [0.4, 0.5) is 5.69 Å². The largest absolute Gasteiger partial charge is 0.497 e. The lowest BCUT2D eigenvalue weighted by atomic mass is 9.90. The van der Waals surface area contributed by atoms with Crippen molar-refractivity contribution in [2.45, 2.75) is 18.6 Å². The van der Waals surface area contributed by atoms with Crippen molar-refractivity contribution in [1.82, 2.24) is 4.98 Å². The maximum Gasteiger partial charge on any atom is 0.271 e. The highest BCUT2D eigenvalue weighted by Crippen LogP contribution is 2.34. The Morgan fingerprint density at radius 1 is 1.22 bits per heavy atom. The van der Waals surface area contributed by atoms with Gasteiger partial charge in [-0.05, 0) is 37.3 Å². The molecule has 6 heteroatoms. The fourth-order valence-corrected chi connectivity index (χ4v) is 3.48. The number of hydrogen-bond acceptors (Lipinski definition) is 5. The monoisotopic (exact) mass is 366 g/mol. The summed E-state index contributed by atoms with van der Waals surface area (Å²) in [5, 5.41) is 0. The van der Waals surface area contributed by atoms with E-state index in [4.69, 9.17) is 14.2 Å². The van der Waals surface area contributed by atoms with Crippen LogP contribution in [-0.2, 0) is 9.47 Å². The summed E-state index contributed by atoms with van der Waals surface area (Å²) in [5.74, 6) is 7.04. The molecule has 4 rings (SSSR count). The van der Waals surface area contributed by atoms with E-state index in [2.05, 4.69) is 28.6 Å². The molecule has 0 radical (unpaired) electrons. The Labute approximate surface area is 158 Å². The van der Waals surface area contributed by atoms with Gasteiger partial charge in [0.05, 0.1) is 33.0 Å². The molecule has 2 aliphatic heterocycles. The summed E-state index contributed by atoms with van der Waals surface area (Å²) in [6.07, 6.45) is 1.65. The third-order valence-corrected chi connectivity index (χ3v) is 5.28. The maximum atomic E-state index is 12.4. The van der Waals surface area contributed by atoms with E-state index in [1.165, 1.54) is 0 Å². The molecule has 0 saturated carbocycles. The lowest BCUT2D eigenvalue weighted by molar-refractivity contribution is -0.228. The fourth-order valence-electron chi connectivity index (χ4n) is 3.48. The molecule has 0 aliphatic carbocycles. The average Bonchev–Trinajstić information content (AvgIpc) is 2.67. The lowest BCUT2D eigenvalue weighted by Crippen LogP contribution is -2.68. The molecule has 1 unspecified atom stereocenters. The first-order valence-corrected chi connectivity index (χ1v) is 8.98. The number of aromatic amines is 1. The zero-order valence-corrected chi connectivity index (χ0v) is 15.5. The van der Waals surface area contributed by atoms with E-state index in [-0.39, 0.29) is 17.2 Å². The predicted molar refractivity (Wildman–Crippen MR) is 102 cm³/mol. The molecule has 1 aromatic heterocycles. The van der Waals surface area contributed by atoms with Crippen molar-refractivity contribution in [3.8, 4) is 17.6 Å². The molecule has 1 spiro atoms. The fraction of sp³-hybridized carbons (Fsp3) is 0.381. The number of pyridine rings is 1. The number of anilines is 1. The first-order valence-electron chi connectivity index (χ1n) is 8.98. The van der Waals surface area contributed by atoms with E-state index in [0.29, 0.717) is 32.1 Å². The number of ether oxygens (including phenoxy) is 3. The van der Waals surface area contributed by atoms with Crippen LogP contribution in [0.1, 0.15) is 18.1 Å². The van der Waals surface area contributed by atoms with Gasteiger partial charge in [0.25, 0.3) is 5.56 Å². The number of rotatable bonds is 2. The second-order valence-corrected chi connectivity index (χ2v) is 6.86. The van der Waals surface area contributed by atoms with E-state index in [1.54, 1.807) is 13.3 Å². The smallest absolute Gasteiger partial charge is 0.271 e. The van der Waals surface area contributed by atoms with Crippen molar-refractivity contribution in [3.05, 3.63) is 58.0 Å². The summed E-state index contributed by atoms with van der Waals surface area (Å²) in [4.78, 5) is 17.4. The normalized spacial score (nSPS) is 20.5. The molecule has 0 bridgehead atoms. The predicted octanol–water partition coefficient (Wildman–Crippen LogP) is 1.78. The van der Waals surface area contributed by atoms with Crippen LogP contribution >= 0.6 is 0 Å². The third kappa shape index (κ3) is 3.32. The van der Waals surface area contributed by atoms with Crippen molar-refractivity contribution in [2.24, 2.45) is 0 Å². The van der Waals surface area contributed by atoms with Crippen molar-refractivity contribution in [1.29, 1.82) is 0 Å². The Balaban J connectivity index is 1.60. The van der Waals surface area contributed by atoms with Gasteiger partial charge in [-0.2, -0.15) is 0 Å². The second-order valence-electron chi connectivity index (χ2n) is 6.86. The van der Waals surface area contributed by atoms with Crippen LogP contribution in [0.3, 0.4) is 0 Å². The Morgan fingerprint density at radius 2 is 1.96 bits per heavy atom. The molecule has 3 heterocycles. The van der Waals surface area contributed by atoms with Crippen LogP contribution in [0.25, 0.3) is 0 Å². The van der Waals surface area contributed by atoms with Crippen molar-refractivity contribution in [2.75, 3.05) is 38.4 Å². The number of nitrogens with one attached hydrogen (secondary N) is 1. The number of H-pyrrole nitrogens is 1. The molecule has 1 atom stereocenters. The minimum Gasteiger partial charge on any atom is -0.497 e. The zero-order chi connectivity index (χ0) is 18.9. The highest BCUT2D eigenvalue weighted by Gasteiger charge is 2.50. The summed E-state index contributed by atoms with van der Waals surface area (Å²) >= 11 is 0. The molecule has 1 aromatic carbocycles. The summed E-state index contributed by atoms with van der Waals surface area (Å²) in [6.45, 7) is 4.46. The van der Waals surface area contributed by atoms with Gasteiger partial charge in [-0.3, -0.25) is 4.79 Å². The van der Waals surface area contributed by atoms with Crippen molar-refractivity contribution in [3.63, 3.8) is 0 Å². The Morgan fingerprint density at radius 3 is 2.63 bits per heavy atom. The number of morpholine rings is 1. The number of methoxy groups -OCH3 is 1. The van der Waals surface area contributed by atoms with Crippen LogP contribution in [0.5, 0.6) is 5.75 Å². The summed E-state index contributed by atoms with van der Waals surface area (Å²) in [7, 11) is 1.63. The lowest BCUT2D eigenvalue weighted by Gasteiger charge is -2.53. The molecule has 2 aliphatic rings. The van der Waals surface area contributed by atoms with E-state index < -0.39 is 0 Å². The highest BCUT2D eigenvalue weighted by molar-refractivity contribution is 5.53. The molecule has 2 aromatic rings. The van der Waals surface area contributed by atoms with Gasteiger partial charge >= 0.3 is 0 Å². The van der Waals surface area contributed by atoms with E-state index in [1.807, 2.05) is 30.3 Å². The van der Waals surface area contributed by atoms with Gasteiger partial charge in [0.2, 0.25) is 0 Å². The van der Waals surface area contributed by atoms with Gasteiger partial charge in [0, 0.05) is 23.9 Å². The second kappa shape index (κ2) is 7.10.